The van der Waals surface area contributed by atoms with Gasteiger partial charge >= 0.3 is 0 Å². The highest BCUT2D eigenvalue weighted by molar-refractivity contribution is 5.97. The first-order valence-corrected chi connectivity index (χ1v) is 10.9. The largest absolute Gasteiger partial charge is 0.379 e. The molecular formula is C26H29N3O4. The van der Waals surface area contributed by atoms with Crippen LogP contribution in [0.2, 0.25) is 0 Å². The van der Waals surface area contributed by atoms with Gasteiger partial charge < -0.3 is 15.4 Å². The molecule has 0 spiro atoms. The normalized spacial score (nSPS) is 14.8. The highest BCUT2D eigenvalue weighted by Crippen LogP contribution is 2.19. The van der Waals surface area contributed by atoms with Crippen molar-refractivity contribution in [1.29, 1.82) is 0 Å². The highest BCUT2D eigenvalue weighted by atomic mass is 16.5. The van der Waals surface area contributed by atoms with Crippen molar-refractivity contribution in [3.05, 3.63) is 76.9 Å². The number of amides is 2. The van der Waals surface area contributed by atoms with E-state index >= 15 is 0 Å². The number of carbonyl (C=O) groups excluding carboxylic acids is 2. The van der Waals surface area contributed by atoms with Gasteiger partial charge in [0.05, 0.1) is 6.10 Å². The average molecular weight is 448 g/mol. The molecule has 2 amide bonds. The molecule has 1 saturated carbocycles. The second-order valence-electron chi connectivity index (χ2n) is 7.94. The van der Waals surface area contributed by atoms with Crippen molar-refractivity contribution >= 4 is 17.9 Å². The molecule has 0 heterocycles. The Morgan fingerprint density at radius 2 is 1.85 bits per heavy atom. The summed E-state index contributed by atoms with van der Waals surface area (Å²) in [4.78, 5) is 24.2. The van der Waals surface area contributed by atoms with Gasteiger partial charge in [-0.15, -0.1) is 0 Å². The third kappa shape index (κ3) is 7.58. The topological polar surface area (TPSA) is 99.7 Å². The zero-order valence-corrected chi connectivity index (χ0v) is 18.8. The predicted octanol–water partition coefficient (Wildman–Crippen LogP) is 2.64. The Morgan fingerprint density at radius 1 is 1.15 bits per heavy atom. The van der Waals surface area contributed by atoms with E-state index in [1.54, 1.807) is 42.7 Å². The van der Waals surface area contributed by atoms with Gasteiger partial charge in [-0.1, -0.05) is 36.1 Å². The molecule has 2 atom stereocenters. The van der Waals surface area contributed by atoms with Crippen LogP contribution in [0.4, 0.5) is 0 Å². The molecular weight excluding hydrogens is 418 g/mol. The van der Waals surface area contributed by atoms with Crippen molar-refractivity contribution in [3.8, 4) is 11.8 Å². The predicted molar refractivity (Wildman–Crippen MR) is 126 cm³/mol. The van der Waals surface area contributed by atoms with E-state index in [9.17, 15) is 9.59 Å². The van der Waals surface area contributed by atoms with Gasteiger partial charge in [0.1, 0.15) is 6.04 Å². The van der Waals surface area contributed by atoms with Gasteiger partial charge in [-0.05, 0) is 67.3 Å². The van der Waals surface area contributed by atoms with Crippen LogP contribution in [0.25, 0.3) is 6.08 Å². The molecule has 1 fully saturated rings. The standard InChI is InChI=1S/C26H29N3O4/c1-18(33-2)24(26(31)29-32)28-25(30)22-13-11-20(12-14-22)6-4-3-5-19-7-9-21(10-8-19)17-27-23-15-16-23/h4,6-14,18,23-24,27,32H,15-17H2,1-2H3,(H,28,30)(H,29,31)/b6-4+/t18-,24+/m1/s1. The molecule has 3 rings (SSSR count). The summed E-state index contributed by atoms with van der Waals surface area (Å²) in [6.07, 6.45) is 5.57. The molecule has 0 saturated heterocycles. The lowest BCUT2D eigenvalue weighted by Gasteiger charge is -2.22. The van der Waals surface area contributed by atoms with E-state index in [0.29, 0.717) is 11.6 Å². The quantitative estimate of drug-likeness (QED) is 0.269. The number of benzene rings is 2. The van der Waals surface area contributed by atoms with Crippen molar-refractivity contribution in [1.82, 2.24) is 16.1 Å². The zero-order valence-electron chi connectivity index (χ0n) is 18.8. The molecule has 4 N–H and O–H groups in total. The van der Waals surface area contributed by atoms with Gasteiger partial charge in [-0.2, -0.15) is 0 Å². The van der Waals surface area contributed by atoms with E-state index in [1.165, 1.54) is 25.5 Å². The minimum absolute atomic E-state index is 0.383. The summed E-state index contributed by atoms with van der Waals surface area (Å²) >= 11 is 0. The Bertz CT molecular complexity index is 1030. The summed E-state index contributed by atoms with van der Waals surface area (Å²) in [6, 6.07) is 14.8. The second-order valence-corrected chi connectivity index (χ2v) is 7.94. The smallest absolute Gasteiger partial charge is 0.268 e. The molecule has 7 heteroatoms. The van der Waals surface area contributed by atoms with E-state index in [1.807, 2.05) is 18.2 Å². The lowest BCUT2D eigenvalue weighted by molar-refractivity contribution is -0.134. The van der Waals surface area contributed by atoms with Crippen LogP contribution >= 0.6 is 0 Å². The molecule has 172 valence electrons. The van der Waals surface area contributed by atoms with E-state index in [0.717, 1.165) is 17.7 Å². The first-order valence-electron chi connectivity index (χ1n) is 10.9. The summed E-state index contributed by atoms with van der Waals surface area (Å²) in [6.45, 7) is 2.52. The highest BCUT2D eigenvalue weighted by Gasteiger charge is 2.27. The van der Waals surface area contributed by atoms with Gasteiger partial charge in [0.25, 0.3) is 11.8 Å². The SMILES string of the molecule is CO[C@H](C)[C@H](NC(=O)c1ccc(/C=C/C#Cc2ccc(CNC3CC3)cc2)cc1)C(=O)NO. The van der Waals surface area contributed by atoms with Crippen LogP contribution in [0.3, 0.4) is 0 Å². The molecule has 0 unspecified atom stereocenters. The number of hydroxylamine groups is 1. The van der Waals surface area contributed by atoms with Crippen LogP contribution < -0.4 is 16.1 Å². The maximum atomic E-state index is 12.5. The van der Waals surface area contributed by atoms with Gasteiger partial charge in [-0.3, -0.25) is 14.8 Å². The summed E-state index contributed by atoms with van der Waals surface area (Å²) in [5, 5.41) is 14.9. The fourth-order valence-electron chi connectivity index (χ4n) is 3.09. The molecule has 0 aliphatic heterocycles. The molecule has 1 aliphatic carbocycles. The number of hydrogen-bond donors (Lipinski definition) is 4. The van der Waals surface area contributed by atoms with Crippen molar-refractivity contribution < 1.29 is 19.5 Å². The van der Waals surface area contributed by atoms with Crippen LogP contribution in [0.15, 0.2) is 54.6 Å². The number of carbonyl (C=O) groups is 2. The van der Waals surface area contributed by atoms with Crippen molar-refractivity contribution in [2.24, 2.45) is 0 Å². The lowest BCUT2D eigenvalue weighted by Crippen LogP contribution is -2.52. The number of nitrogens with one attached hydrogen (secondary N) is 3. The molecule has 2 aromatic carbocycles. The average Bonchev–Trinajstić information content (AvgIpc) is 3.68. The van der Waals surface area contributed by atoms with E-state index in [-0.39, 0.29) is 0 Å². The summed E-state index contributed by atoms with van der Waals surface area (Å²) in [5.41, 5.74) is 5.02. The number of hydrogen-bond acceptors (Lipinski definition) is 5. The molecule has 0 aromatic heterocycles. The van der Waals surface area contributed by atoms with Crippen molar-refractivity contribution in [2.75, 3.05) is 7.11 Å². The van der Waals surface area contributed by atoms with Crippen LogP contribution in [-0.2, 0) is 16.1 Å². The minimum Gasteiger partial charge on any atom is -0.379 e. The molecule has 1 aliphatic rings. The van der Waals surface area contributed by atoms with Gasteiger partial charge in [-0.25, -0.2) is 5.48 Å². The van der Waals surface area contributed by atoms with Crippen molar-refractivity contribution in [3.63, 3.8) is 0 Å². The first-order chi connectivity index (χ1) is 16.0. The van der Waals surface area contributed by atoms with E-state index in [2.05, 4.69) is 34.6 Å². The van der Waals surface area contributed by atoms with Crippen LogP contribution in [0.5, 0.6) is 0 Å². The van der Waals surface area contributed by atoms with Crippen LogP contribution in [0.1, 0.15) is 46.8 Å². The van der Waals surface area contributed by atoms with Gasteiger partial charge in [0.15, 0.2) is 0 Å². The van der Waals surface area contributed by atoms with E-state index in [4.69, 9.17) is 9.94 Å². The maximum Gasteiger partial charge on any atom is 0.268 e. The fourth-order valence-corrected chi connectivity index (χ4v) is 3.09. The maximum absolute atomic E-state index is 12.5. The van der Waals surface area contributed by atoms with Crippen LogP contribution in [-0.4, -0.2) is 42.3 Å². The number of methoxy groups -OCH3 is 1. The Balaban J connectivity index is 1.53. The number of ether oxygens (including phenoxy) is 1. The second kappa shape index (κ2) is 12.0. The summed E-state index contributed by atoms with van der Waals surface area (Å²) in [7, 11) is 1.42. The summed E-state index contributed by atoms with van der Waals surface area (Å²) < 4.78 is 5.09. The van der Waals surface area contributed by atoms with Crippen molar-refractivity contribution in [2.45, 2.75) is 44.5 Å². The number of allylic oxidation sites excluding steroid dienone is 1. The third-order valence-corrected chi connectivity index (χ3v) is 5.40. The van der Waals surface area contributed by atoms with Crippen LogP contribution in [0, 0.1) is 11.8 Å². The first kappa shape index (κ1) is 24.2. The monoisotopic (exact) mass is 447 g/mol. The Hall–Kier alpha value is -3.44. The third-order valence-electron chi connectivity index (χ3n) is 5.40. The molecule has 33 heavy (non-hydrogen) atoms. The fraction of sp³-hybridized carbons (Fsp3) is 0.308. The minimum atomic E-state index is -1.02. The molecule has 0 bridgehead atoms. The number of rotatable bonds is 9. The Labute approximate surface area is 194 Å². The molecule has 7 nitrogen and oxygen atoms in total. The van der Waals surface area contributed by atoms with E-state index < -0.39 is 24.0 Å². The molecule has 0 radical (unpaired) electrons. The Kier molecular flexibility index (Phi) is 8.79. The van der Waals surface area contributed by atoms with Gasteiger partial charge in [0, 0.05) is 30.8 Å². The summed E-state index contributed by atoms with van der Waals surface area (Å²) in [5.74, 6) is 4.94. The molecule has 2 aromatic rings. The Morgan fingerprint density at radius 3 is 2.45 bits per heavy atom. The zero-order chi connectivity index (χ0) is 23.6. The lowest BCUT2D eigenvalue weighted by atomic mass is 10.1. The van der Waals surface area contributed by atoms with Gasteiger partial charge in [0.2, 0.25) is 0 Å².